The summed E-state index contributed by atoms with van der Waals surface area (Å²) < 4.78 is 0. The van der Waals surface area contributed by atoms with Gasteiger partial charge in [-0.05, 0) is 13.0 Å². The fourth-order valence-electron chi connectivity index (χ4n) is 1.89. The van der Waals surface area contributed by atoms with Gasteiger partial charge in [-0.15, -0.1) is 0 Å². The summed E-state index contributed by atoms with van der Waals surface area (Å²) in [5, 5.41) is 17.3. The second-order valence-electron chi connectivity index (χ2n) is 4.62. The molecule has 0 atom stereocenters. The Kier molecular flexibility index (Phi) is 10.3. The first-order chi connectivity index (χ1) is 8.56. The average molecular weight is 259 g/mol. The van der Waals surface area contributed by atoms with Crippen LogP contribution in [0.1, 0.15) is 51.9 Å². The average Bonchev–Trinajstić information content (AvgIpc) is 2.26. The van der Waals surface area contributed by atoms with Crippen molar-refractivity contribution in [2.75, 3.05) is 19.6 Å². The third-order valence-electron chi connectivity index (χ3n) is 2.80. The fourth-order valence-corrected chi connectivity index (χ4v) is 1.89. The first kappa shape index (κ1) is 16.9. The van der Waals surface area contributed by atoms with Crippen LogP contribution in [0, 0.1) is 0 Å². The maximum Gasteiger partial charge on any atom is 0.317 e. The van der Waals surface area contributed by atoms with E-state index >= 15 is 0 Å². The molecular formula is C13H25NO4. The molecule has 0 amide bonds. The van der Waals surface area contributed by atoms with E-state index in [2.05, 4.69) is 6.92 Å². The summed E-state index contributed by atoms with van der Waals surface area (Å²) in [6.45, 7) is 2.34. The third-order valence-corrected chi connectivity index (χ3v) is 2.80. The van der Waals surface area contributed by atoms with Crippen LogP contribution in [0.3, 0.4) is 0 Å². The van der Waals surface area contributed by atoms with Crippen LogP contribution >= 0.6 is 0 Å². The number of aliphatic carboxylic acids is 2. The maximum atomic E-state index is 10.6. The second-order valence-corrected chi connectivity index (χ2v) is 4.62. The minimum absolute atomic E-state index is 0.192. The first-order valence-electron chi connectivity index (χ1n) is 6.72. The molecule has 0 bridgehead atoms. The Labute approximate surface area is 109 Å². The van der Waals surface area contributed by atoms with Gasteiger partial charge < -0.3 is 10.2 Å². The highest BCUT2D eigenvalue weighted by Gasteiger charge is 2.12. The van der Waals surface area contributed by atoms with E-state index < -0.39 is 11.9 Å². The molecule has 0 aromatic carbocycles. The highest BCUT2D eigenvalue weighted by molar-refractivity contribution is 5.72. The van der Waals surface area contributed by atoms with E-state index in [9.17, 15) is 9.59 Å². The molecule has 0 aliphatic rings. The van der Waals surface area contributed by atoms with Crippen LogP contribution in [-0.2, 0) is 9.59 Å². The van der Waals surface area contributed by atoms with Crippen molar-refractivity contribution in [1.29, 1.82) is 0 Å². The van der Waals surface area contributed by atoms with Crippen molar-refractivity contribution in [2.24, 2.45) is 0 Å². The van der Waals surface area contributed by atoms with Gasteiger partial charge in [0.05, 0.1) is 13.1 Å². The lowest BCUT2D eigenvalue weighted by Gasteiger charge is -2.17. The summed E-state index contributed by atoms with van der Waals surface area (Å²) in [7, 11) is 0. The Morgan fingerprint density at radius 2 is 1.28 bits per heavy atom. The van der Waals surface area contributed by atoms with E-state index in [4.69, 9.17) is 10.2 Å². The smallest absolute Gasteiger partial charge is 0.317 e. The minimum atomic E-state index is -0.973. The molecule has 0 fully saturated rings. The molecule has 0 spiro atoms. The molecule has 0 saturated carbocycles. The van der Waals surface area contributed by atoms with Crippen molar-refractivity contribution in [3.63, 3.8) is 0 Å². The number of hydrogen-bond donors (Lipinski definition) is 2. The number of carbonyl (C=O) groups is 2. The molecule has 0 heterocycles. The molecule has 0 radical (unpaired) electrons. The molecule has 5 heteroatoms. The summed E-state index contributed by atoms with van der Waals surface area (Å²) in [4.78, 5) is 22.6. The molecule has 5 nitrogen and oxygen atoms in total. The Balaban J connectivity index is 3.62. The van der Waals surface area contributed by atoms with Gasteiger partial charge >= 0.3 is 11.9 Å². The van der Waals surface area contributed by atoms with Crippen LogP contribution < -0.4 is 0 Å². The van der Waals surface area contributed by atoms with Gasteiger partial charge in [-0.2, -0.15) is 0 Å². The van der Waals surface area contributed by atoms with Crippen LogP contribution in [-0.4, -0.2) is 46.7 Å². The zero-order chi connectivity index (χ0) is 13.8. The van der Waals surface area contributed by atoms with E-state index in [1.807, 2.05) is 0 Å². The molecule has 2 N–H and O–H groups in total. The number of carboxylic acids is 2. The fraction of sp³-hybridized carbons (Fsp3) is 0.846. The number of nitrogens with zero attached hydrogens (tertiary/aromatic N) is 1. The number of rotatable bonds is 12. The van der Waals surface area contributed by atoms with Crippen LogP contribution in [0.5, 0.6) is 0 Å². The third kappa shape index (κ3) is 11.4. The summed E-state index contributed by atoms with van der Waals surface area (Å²) >= 11 is 0. The van der Waals surface area contributed by atoms with E-state index in [-0.39, 0.29) is 13.1 Å². The van der Waals surface area contributed by atoms with E-state index in [1.165, 1.54) is 30.6 Å². The Morgan fingerprint density at radius 3 is 1.72 bits per heavy atom. The van der Waals surface area contributed by atoms with Gasteiger partial charge in [-0.1, -0.05) is 45.4 Å². The number of hydrogen-bond acceptors (Lipinski definition) is 3. The summed E-state index contributed by atoms with van der Waals surface area (Å²) in [5.41, 5.74) is 0. The lowest BCUT2D eigenvalue weighted by molar-refractivity contribution is -0.141. The Hall–Kier alpha value is -1.10. The van der Waals surface area contributed by atoms with E-state index in [1.54, 1.807) is 0 Å². The van der Waals surface area contributed by atoms with Gasteiger partial charge in [-0.25, -0.2) is 0 Å². The van der Waals surface area contributed by atoms with Crippen LogP contribution in [0.4, 0.5) is 0 Å². The van der Waals surface area contributed by atoms with Crippen molar-refractivity contribution < 1.29 is 19.8 Å². The molecule has 0 aliphatic carbocycles. The predicted molar refractivity (Wildman–Crippen MR) is 69.7 cm³/mol. The highest BCUT2D eigenvalue weighted by atomic mass is 16.4. The van der Waals surface area contributed by atoms with Gasteiger partial charge in [0.25, 0.3) is 0 Å². The Morgan fingerprint density at radius 1 is 0.833 bits per heavy atom. The van der Waals surface area contributed by atoms with Crippen LogP contribution in [0.2, 0.25) is 0 Å². The normalized spacial score (nSPS) is 10.8. The minimum Gasteiger partial charge on any atom is -0.480 e. The van der Waals surface area contributed by atoms with Crippen molar-refractivity contribution in [3.8, 4) is 0 Å². The van der Waals surface area contributed by atoms with Gasteiger partial charge in [-0.3, -0.25) is 14.5 Å². The first-order valence-corrected chi connectivity index (χ1v) is 6.72. The van der Waals surface area contributed by atoms with Gasteiger partial charge in [0, 0.05) is 0 Å². The van der Waals surface area contributed by atoms with Crippen molar-refractivity contribution in [2.45, 2.75) is 51.9 Å². The topological polar surface area (TPSA) is 77.8 Å². The second kappa shape index (κ2) is 11.0. The van der Waals surface area contributed by atoms with E-state index in [0.717, 1.165) is 19.3 Å². The predicted octanol–water partition coefficient (Wildman–Crippen LogP) is 2.21. The lowest BCUT2D eigenvalue weighted by Crippen LogP contribution is -2.35. The molecule has 0 rings (SSSR count). The molecule has 18 heavy (non-hydrogen) atoms. The zero-order valence-corrected chi connectivity index (χ0v) is 11.2. The molecule has 106 valence electrons. The zero-order valence-electron chi connectivity index (χ0n) is 11.2. The molecular weight excluding hydrogens is 234 g/mol. The molecule has 0 saturated heterocycles. The van der Waals surface area contributed by atoms with Gasteiger partial charge in [0.15, 0.2) is 0 Å². The highest BCUT2D eigenvalue weighted by Crippen LogP contribution is 2.07. The molecule has 0 unspecified atom stereocenters. The van der Waals surface area contributed by atoms with Crippen molar-refractivity contribution in [1.82, 2.24) is 4.90 Å². The van der Waals surface area contributed by atoms with Crippen molar-refractivity contribution in [3.05, 3.63) is 0 Å². The monoisotopic (exact) mass is 259 g/mol. The van der Waals surface area contributed by atoms with E-state index in [0.29, 0.717) is 6.54 Å². The van der Waals surface area contributed by atoms with Gasteiger partial charge in [0.1, 0.15) is 0 Å². The Bertz CT molecular complexity index is 227. The largest absolute Gasteiger partial charge is 0.480 e. The summed E-state index contributed by atoms with van der Waals surface area (Å²) in [5.74, 6) is -1.95. The molecule has 0 aromatic heterocycles. The number of unbranched alkanes of at least 4 members (excludes halogenated alkanes) is 6. The standard InChI is InChI=1S/C13H25NO4/c1-2-3-4-5-6-7-8-9-14(10-12(15)16)11-13(17)18/h2-11H2,1H3,(H,15,16)(H,17,18). The van der Waals surface area contributed by atoms with Gasteiger partial charge in [0.2, 0.25) is 0 Å². The van der Waals surface area contributed by atoms with Crippen LogP contribution in [0.25, 0.3) is 0 Å². The molecule has 0 aromatic rings. The quantitative estimate of drug-likeness (QED) is 0.525. The lowest BCUT2D eigenvalue weighted by atomic mass is 10.1. The maximum absolute atomic E-state index is 10.6. The van der Waals surface area contributed by atoms with Crippen LogP contribution in [0.15, 0.2) is 0 Å². The van der Waals surface area contributed by atoms with Crippen molar-refractivity contribution >= 4 is 11.9 Å². The number of carboxylic acid groups (broad SMARTS) is 2. The SMILES string of the molecule is CCCCCCCCCN(CC(=O)O)CC(=O)O. The summed E-state index contributed by atoms with van der Waals surface area (Å²) in [6, 6.07) is 0. The summed E-state index contributed by atoms with van der Waals surface area (Å²) in [6.07, 6.45) is 8.02. The molecule has 0 aliphatic heterocycles.